The van der Waals surface area contributed by atoms with Crippen LogP contribution in [0.25, 0.3) is 0 Å². The van der Waals surface area contributed by atoms with Crippen LogP contribution < -0.4 is 0 Å². The molecule has 0 aromatic heterocycles. The zero-order valence-corrected chi connectivity index (χ0v) is 15.6. The summed E-state index contributed by atoms with van der Waals surface area (Å²) in [6.45, 7) is 6.22. The van der Waals surface area contributed by atoms with Gasteiger partial charge in [-0.1, -0.05) is 37.0 Å². The number of hydrogen-bond donors (Lipinski definition) is 0. The molecule has 0 radical (unpaired) electrons. The molecule has 2 rings (SSSR count). The minimum absolute atomic E-state index is 0.154. The van der Waals surface area contributed by atoms with Crippen LogP contribution in [0.2, 0.25) is 0 Å². The van der Waals surface area contributed by atoms with Gasteiger partial charge in [0.1, 0.15) is 0 Å². The van der Waals surface area contributed by atoms with Crippen molar-refractivity contribution in [3.05, 3.63) is 34.4 Å². The number of Topliss-reactive ketones (excluding diaryl/α,β-unsaturated/α-hetero) is 1. The topological polar surface area (TPSA) is 34.1 Å². The highest BCUT2D eigenvalue weighted by atomic mass is 31.1. The standard InChI is InChI=1S/C20H29O2P/c1-14-12-15(2)19(16(3)13-14)20(21)18(10-6-7-11-23-22)17-8-4-5-9-17/h12-13,17-18H,4-11H2,1-3H3. The molecule has 0 amide bonds. The Morgan fingerprint density at radius 3 is 2.30 bits per heavy atom. The first kappa shape index (κ1) is 18.3. The van der Waals surface area contributed by atoms with Crippen molar-refractivity contribution in [2.24, 2.45) is 11.8 Å². The lowest BCUT2D eigenvalue weighted by Crippen LogP contribution is -2.24. The molecular formula is C20H29O2P. The molecule has 0 aliphatic heterocycles. The molecular weight excluding hydrogens is 303 g/mol. The van der Waals surface area contributed by atoms with Gasteiger partial charge in [0.15, 0.2) is 14.2 Å². The first-order valence-electron chi connectivity index (χ1n) is 8.95. The fourth-order valence-electron chi connectivity index (χ4n) is 4.24. The maximum absolute atomic E-state index is 13.3. The Hall–Kier alpha value is -1.01. The van der Waals surface area contributed by atoms with Gasteiger partial charge in [-0.3, -0.25) is 9.36 Å². The highest BCUT2D eigenvalue weighted by Crippen LogP contribution is 2.37. The van der Waals surface area contributed by atoms with Crippen molar-refractivity contribution in [2.75, 3.05) is 6.16 Å². The molecule has 2 nitrogen and oxygen atoms in total. The van der Waals surface area contributed by atoms with Gasteiger partial charge in [-0.15, -0.1) is 0 Å². The molecule has 1 aliphatic rings. The monoisotopic (exact) mass is 332 g/mol. The summed E-state index contributed by atoms with van der Waals surface area (Å²) in [5, 5.41) is 0. The molecule has 0 spiro atoms. The van der Waals surface area contributed by atoms with Gasteiger partial charge in [0.2, 0.25) is 0 Å². The maximum Gasteiger partial charge on any atom is 0.166 e. The summed E-state index contributed by atoms with van der Waals surface area (Å²) < 4.78 is 10.6. The maximum atomic E-state index is 13.3. The van der Waals surface area contributed by atoms with Gasteiger partial charge in [0.25, 0.3) is 0 Å². The second kappa shape index (κ2) is 8.73. The quantitative estimate of drug-likeness (QED) is 0.329. The molecule has 1 aromatic rings. The minimum atomic E-state index is 0.154. The van der Waals surface area contributed by atoms with Crippen LogP contribution in [0.1, 0.15) is 72.0 Å². The summed E-state index contributed by atoms with van der Waals surface area (Å²) in [6, 6.07) is 4.25. The van der Waals surface area contributed by atoms with Crippen LogP contribution in [-0.4, -0.2) is 11.9 Å². The van der Waals surface area contributed by atoms with Crippen molar-refractivity contribution in [3.8, 4) is 0 Å². The van der Waals surface area contributed by atoms with Crippen molar-refractivity contribution >= 4 is 14.2 Å². The lowest BCUT2D eigenvalue weighted by molar-refractivity contribution is 0.0859. The molecule has 1 fully saturated rings. The number of unbranched alkanes of at least 4 members (excludes halogenated alkanes) is 1. The van der Waals surface area contributed by atoms with Crippen molar-refractivity contribution in [1.29, 1.82) is 0 Å². The lowest BCUT2D eigenvalue weighted by atomic mass is 9.79. The van der Waals surface area contributed by atoms with E-state index < -0.39 is 0 Å². The second-order valence-corrected chi connectivity index (χ2v) is 7.84. The Morgan fingerprint density at radius 1 is 1.13 bits per heavy atom. The molecule has 1 saturated carbocycles. The van der Waals surface area contributed by atoms with Gasteiger partial charge in [-0.25, -0.2) is 0 Å². The van der Waals surface area contributed by atoms with E-state index in [1.807, 2.05) is 0 Å². The Balaban J connectivity index is 2.20. The molecule has 0 bridgehead atoms. The van der Waals surface area contributed by atoms with E-state index in [9.17, 15) is 9.36 Å². The van der Waals surface area contributed by atoms with E-state index in [1.54, 1.807) is 0 Å². The van der Waals surface area contributed by atoms with Crippen LogP contribution in [0.15, 0.2) is 12.1 Å². The van der Waals surface area contributed by atoms with E-state index >= 15 is 0 Å². The molecule has 1 atom stereocenters. The number of ketones is 1. The number of benzene rings is 1. The van der Waals surface area contributed by atoms with Crippen LogP contribution in [-0.2, 0) is 4.57 Å². The fraction of sp³-hybridized carbons (Fsp3) is 0.650. The SMILES string of the molecule is Cc1cc(C)c(C(=O)C(CCCCP=O)C2CCCC2)c(C)c1. The summed E-state index contributed by atoms with van der Waals surface area (Å²) in [6.07, 6.45) is 8.54. The van der Waals surface area contributed by atoms with Crippen molar-refractivity contribution in [1.82, 2.24) is 0 Å². The van der Waals surface area contributed by atoms with Gasteiger partial charge in [0, 0.05) is 17.6 Å². The number of rotatable bonds is 8. The predicted molar refractivity (Wildman–Crippen MR) is 96.8 cm³/mol. The second-order valence-electron chi connectivity index (χ2n) is 7.14. The Morgan fingerprint density at radius 2 is 1.74 bits per heavy atom. The first-order valence-corrected chi connectivity index (χ1v) is 9.95. The minimum Gasteiger partial charge on any atom is -0.294 e. The molecule has 1 unspecified atom stereocenters. The van der Waals surface area contributed by atoms with Crippen LogP contribution >= 0.6 is 8.46 Å². The highest BCUT2D eigenvalue weighted by molar-refractivity contribution is 7.23. The van der Waals surface area contributed by atoms with E-state index in [0.29, 0.717) is 17.9 Å². The van der Waals surface area contributed by atoms with Crippen LogP contribution in [0, 0.1) is 32.6 Å². The van der Waals surface area contributed by atoms with E-state index in [2.05, 4.69) is 32.9 Å². The van der Waals surface area contributed by atoms with Crippen molar-refractivity contribution < 1.29 is 9.36 Å². The summed E-state index contributed by atoms with van der Waals surface area (Å²) >= 11 is 0. The van der Waals surface area contributed by atoms with Crippen molar-refractivity contribution in [3.63, 3.8) is 0 Å². The van der Waals surface area contributed by atoms with Crippen LogP contribution in [0.3, 0.4) is 0 Å². The smallest absolute Gasteiger partial charge is 0.166 e. The molecule has 1 aromatic carbocycles. The molecule has 0 N–H and O–H groups in total. The third-order valence-electron chi connectivity index (χ3n) is 5.24. The molecule has 3 heteroatoms. The van der Waals surface area contributed by atoms with E-state index in [1.165, 1.54) is 31.2 Å². The zero-order valence-electron chi connectivity index (χ0n) is 14.7. The van der Waals surface area contributed by atoms with Crippen molar-refractivity contribution in [2.45, 2.75) is 65.7 Å². The van der Waals surface area contributed by atoms with Gasteiger partial charge in [-0.2, -0.15) is 0 Å². The molecule has 0 heterocycles. The largest absolute Gasteiger partial charge is 0.294 e. The first-order chi connectivity index (χ1) is 11.0. The fourth-order valence-corrected chi connectivity index (χ4v) is 4.59. The van der Waals surface area contributed by atoms with Gasteiger partial charge < -0.3 is 0 Å². The summed E-state index contributed by atoms with van der Waals surface area (Å²) in [5.41, 5.74) is 4.42. The van der Waals surface area contributed by atoms with E-state index in [4.69, 9.17) is 0 Å². The average Bonchev–Trinajstić information content (AvgIpc) is 3.00. The number of carbonyl (C=O) groups excluding carboxylic acids is 1. The molecule has 126 valence electrons. The molecule has 0 saturated heterocycles. The third-order valence-corrected chi connectivity index (χ3v) is 5.74. The Kier molecular flexibility index (Phi) is 6.96. The predicted octanol–water partition coefficient (Wildman–Crippen LogP) is 6.06. The van der Waals surface area contributed by atoms with E-state index in [0.717, 1.165) is 36.0 Å². The number of aryl methyl sites for hydroxylation is 3. The third kappa shape index (κ3) is 4.73. The lowest BCUT2D eigenvalue weighted by Gasteiger charge is -2.24. The zero-order chi connectivity index (χ0) is 16.8. The Bertz CT molecular complexity index is 536. The molecule has 23 heavy (non-hydrogen) atoms. The summed E-state index contributed by atoms with van der Waals surface area (Å²) in [5.74, 6) is 1.06. The van der Waals surface area contributed by atoms with E-state index in [-0.39, 0.29) is 14.4 Å². The normalized spacial score (nSPS) is 16.8. The van der Waals surface area contributed by atoms with Gasteiger partial charge >= 0.3 is 0 Å². The Labute approximate surface area is 142 Å². The molecule has 1 aliphatic carbocycles. The van der Waals surface area contributed by atoms with Gasteiger partial charge in [0.05, 0.1) is 0 Å². The summed E-state index contributed by atoms with van der Waals surface area (Å²) in [7, 11) is 0.229. The van der Waals surface area contributed by atoms with Crippen LogP contribution in [0.5, 0.6) is 0 Å². The number of carbonyl (C=O) groups is 1. The van der Waals surface area contributed by atoms with Gasteiger partial charge in [-0.05, 0) is 63.5 Å². The summed E-state index contributed by atoms with van der Waals surface area (Å²) in [4.78, 5) is 13.3. The highest BCUT2D eigenvalue weighted by Gasteiger charge is 2.32. The average molecular weight is 332 g/mol. The number of hydrogen-bond acceptors (Lipinski definition) is 2. The van der Waals surface area contributed by atoms with Crippen LogP contribution in [0.4, 0.5) is 0 Å².